The third-order valence-corrected chi connectivity index (χ3v) is 4.07. The lowest BCUT2D eigenvalue weighted by Crippen LogP contribution is -2.40. The molecule has 1 aliphatic carbocycles. The van der Waals surface area contributed by atoms with E-state index in [2.05, 4.69) is 12.2 Å². The summed E-state index contributed by atoms with van der Waals surface area (Å²) in [5.74, 6) is 0.798. The van der Waals surface area contributed by atoms with Crippen LogP contribution < -0.4 is 16.8 Å². The van der Waals surface area contributed by atoms with E-state index in [-0.39, 0.29) is 5.91 Å². The molecule has 1 unspecified atom stereocenters. The fourth-order valence-electron chi connectivity index (χ4n) is 2.69. The van der Waals surface area contributed by atoms with Crippen LogP contribution in [0.25, 0.3) is 0 Å². The van der Waals surface area contributed by atoms with E-state index in [1.165, 1.54) is 0 Å². The van der Waals surface area contributed by atoms with E-state index in [4.69, 9.17) is 11.5 Å². The van der Waals surface area contributed by atoms with Crippen LogP contribution in [0.4, 0.5) is 0 Å². The number of nitrogens with two attached hydrogens (primary N) is 2. The molecule has 1 fully saturated rings. The van der Waals surface area contributed by atoms with Crippen LogP contribution in [0.15, 0.2) is 0 Å². The van der Waals surface area contributed by atoms with E-state index in [0.29, 0.717) is 24.4 Å². The van der Waals surface area contributed by atoms with Gasteiger partial charge in [-0.05, 0) is 51.0 Å². The summed E-state index contributed by atoms with van der Waals surface area (Å²) in [6.07, 6.45) is 7.89. The number of amides is 1. The molecule has 0 heterocycles. The van der Waals surface area contributed by atoms with Crippen LogP contribution in [0, 0.1) is 5.92 Å². The highest BCUT2D eigenvalue weighted by atomic mass is 16.1. The molecule has 1 aliphatic rings. The first-order chi connectivity index (χ1) is 8.65. The van der Waals surface area contributed by atoms with Crippen molar-refractivity contribution >= 4 is 5.91 Å². The van der Waals surface area contributed by atoms with Crippen molar-refractivity contribution in [1.29, 1.82) is 0 Å². The Bertz CT molecular complexity index is 237. The van der Waals surface area contributed by atoms with Gasteiger partial charge in [0.1, 0.15) is 0 Å². The normalized spacial score (nSPS) is 25.7. The maximum Gasteiger partial charge on any atom is 0.220 e. The lowest BCUT2D eigenvalue weighted by Gasteiger charge is -2.27. The van der Waals surface area contributed by atoms with Crippen LogP contribution >= 0.6 is 0 Å². The van der Waals surface area contributed by atoms with Crippen molar-refractivity contribution in [1.82, 2.24) is 5.32 Å². The fourth-order valence-corrected chi connectivity index (χ4v) is 2.69. The largest absolute Gasteiger partial charge is 0.353 e. The monoisotopic (exact) mass is 255 g/mol. The number of carbonyl (C=O) groups is 1. The zero-order valence-electron chi connectivity index (χ0n) is 11.7. The van der Waals surface area contributed by atoms with Gasteiger partial charge in [-0.3, -0.25) is 4.79 Å². The molecule has 0 aromatic carbocycles. The minimum atomic E-state index is 0.200. The van der Waals surface area contributed by atoms with Crippen molar-refractivity contribution < 1.29 is 4.79 Å². The van der Waals surface area contributed by atoms with E-state index in [1.54, 1.807) is 0 Å². The van der Waals surface area contributed by atoms with Gasteiger partial charge < -0.3 is 16.8 Å². The third-order valence-electron chi connectivity index (χ3n) is 4.07. The van der Waals surface area contributed by atoms with Gasteiger partial charge in [0, 0.05) is 18.5 Å². The summed E-state index contributed by atoms with van der Waals surface area (Å²) in [7, 11) is 0. The second-order valence-corrected chi connectivity index (χ2v) is 5.57. The van der Waals surface area contributed by atoms with E-state index >= 15 is 0 Å². The second kappa shape index (κ2) is 8.48. The summed E-state index contributed by atoms with van der Waals surface area (Å²) >= 11 is 0. The van der Waals surface area contributed by atoms with Crippen LogP contribution in [-0.4, -0.2) is 24.5 Å². The van der Waals surface area contributed by atoms with Crippen molar-refractivity contribution in [2.75, 3.05) is 6.54 Å². The van der Waals surface area contributed by atoms with Crippen molar-refractivity contribution in [3.63, 3.8) is 0 Å². The zero-order valence-corrected chi connectivity index (χ0v) is 11.7. The average Bonchev–Trinajstić information content (AvgIpc) is 2.37. The Morgan fingerprint density at radius 3 is 2.50 bits per heavy atom. The molecule has 0 aromatic heterocycles. The molecular formula is C14H29N3O. The first-order valence-electron chi connectivity index (χ1n) is 7.40. The van der Waals surface area contributed by atoms with Crippen molar-refractivity contribution in [3.05, 3.63) is 0 Å². The number of nitrogens with one attached hydrogen (secondary N) is 1. The van der Waals surface area contributed by atoms with Crippen LogP contribution in [0.5, 0.6) is 0 Å². The Labute approximate surface area is 111 Å². The van der Waals surface area contributed by atoms with Gasteiger partial charge in [-0.15, -0.1) is 0 Å². The second-order valence-electron chi connectivity index (χ2n) is 5.57. The number of rotatable bonds is 7. The van der Waals surface area contributed by atoms with Crippen molar-refractivity contribution in [2.24, 2.45) is 17.4 Å². The standard InChI is InChI=1S/C14H29N3O/c1-2-11(9-10-15)3-8-14(18)17-13-6-4-12(16)5-7-13/h11-13H,2-10,15-16H2,1H3,(H,17,18). The van der Waals surface area contributed by atoms with Crippen LogP contribution in [0.1, 0.15) is 58.3 Å². The van der Waals surface area contributed by atoms with Crippen LogP contribution in [0.3, 0.4) is 0 Å². The number of hydrogen-bond donors (Lipinski definition) is 3. The van der Waals surface area contributed by atoms with Gasteiger partial charge in [0.2, 0.25) is 5.91 Å². The predicted molar refractivity (Wildman–Crippen MR) is 75.1 cm³/mol. The molecule has 1 rings (SSSR count). The molecule has 5 N–H and O–H groups in total. The molecular weight excluding hydrogens is 226 g/mol. The quantitative estimate of drug-likeness (QED) is 0.645. The summed E-state index contributed by atoms with van der Waals surface area (Å²) in [4.78, 5) is 11.8. The molecule has 18 heavy (non-hydrogen) atoms. The molecule has 1 atom stereocenters. The van der Waals surface area contributed by atoms with Gasteiger partial charge in [0.15, 0.2) is 0 Å². The Morgan fingerprint density at radius 2 is 1.94 bits per heavy atom. The van der Waals surface area contributed by atoms with Gasteiger partial charge >= 0.3 is 0 Å². The molecule has 0 bridgehead atoms. The first kappa shape index (κ1) is 15.4. The number of carbonyl (C=O) groups excluding carboxylic acids is 1. The zero-order chi connectivity index (χ0) is 13.4. The molecule has 1 amide bonds. The molecule has 0 spiro atoms. The van der Waals surface area contributed by atoms with E-state index in [1.807, 2.05) is 0 Å². The Morgan fingerprint density at radius 1 is 1.28 bits per heavy atom. The van der Waals surface area contributed by atoms with Gasteiger partial charge in [-0.2, -0.15) is 0 Å². The van der Waals surface area contributed by atoms with Crippen molar-refractivity contribution in [3.8, 4) is 0 Å². The van der Waals surface area contributed by atoms with E-state index in [9.17, 15) is 4.79 Å². The molecule has 0 saturated heterocycles. The average molecular weight is 255 g/mol. The van der Waals surface area contributed by atoms with Gasteiger partial charge in [-0.25, -0.2) is 0 Å². The molecule has 0 aliphatic heterocycles. The lowest BCUT2D eigenvalue weighted by molar-refractivity contribution is -0.122. The van der Waals surface area contributed by atoms with Crippen molar-refractivity contribution in [2.45, 2.75) is 70.4 Å². The summed E-state index contributed by atoms with van der Waals surface area (Å²) in [5, 5.41) is 3.14. The molecule has 4 heteroatoms. The SMILES string of the molecule is CCC(CCN)CCC(=O)NC1CCC(N)CC1. The Balaban J connectivity index is 2.16. The number of hydrogen-bond acceptors (Lipinski definition) is 3. The van der Waals surface area contributed by atoms with Crippen LogP contribution in [-0.2, 0) is 4.79 Å². The highest BCUT2D eigenvalue weighted by Gasteiger charge is 2.20. The van der Waals surface area contributed by atoms with E-state index in [0.717, 1.165) is 51.5 Å². The van der Waals surface area contributed by atoms with Crippen LogP contribution in [0.2, 0.25) is 0 Å². The molecule has 106 valence electrons. The summed E-state index contributed by atoms with van der Waals surface area (Å²) in [5.41, 5.74) is 11.4. The summed E-state index contributed by atoms with van der Waals surface area (Å²) < 4.78 is 0. The summed E-state index contributed by atoms with van der Waals surface area (Å²) in [6.45, 7) is 2.89. The summed E-state index contributed by atoms with van der Waals surface area (Å²) in [6, 6.07) is 0.694. The highest BCUT2D eigenvalue weighted by molar-refractivity contribution is 5.76. The highest BCUT2D eigenvalue weighted by Crippen LogP contribution is 2.18. The first-order valence-corrected chi connectivity index (χ1v) is 7.40. The smallest absolute Gasteiger partial charge is 0.220 e. The molecule has 0 aromatic rings. The molecule has 4 nitrogen and oxygen atoms in total. The molecule has 0 radical (unpaired) electrons. The minimum absolute atomic E-state index is 0.200. The van der Waals surface area contributed by atoms with Gasteiger partial charge in [-0.1, -0.05) is 13.3 Å². The fraction of sp³-hybridized carbons (Fsp3) is 0.929. The topological polar surface area (TPSA) is 81.1 Å². The third kappa shape index (κ3) is 5.83. The predicted octanol–water partition coefficient (Wildman–Crippen LogP) is 1.53. The maximum absolute atomic E-state index is 11.8. The maximum atomic E-state index is 11.8. The minimum Gasteiger partial charge on any atom is -0.353 e. The Hall–Kier alpha value is -0.610. The van der Waals surface area contributed by atoms with Gasteiger partial charge in [0.05, 0.1) is 0 Å². The Kier molecular flexibility index (Phi) is 7.28. The van der Waals surface area contributed by atoms with E-state index < -0.39 is 0 Å². The lowest BCUT2D eigenvalue weighted by atomic mass is 9.91. The molecule has 1 saturated carbocycles. The van der Waals surface area contributed by atoms with Gasteiger partial charge in [0.25, 0.3) is 0 Å².